The highest BCUT2D eigenvalue weighted by Gasteiger charge is 2.42. The van der Waals surface area contributed by atoms with Gasteiger partial charge in [0.25, 0.3) is 0 Å². The third-order valence-electron chi connectivity index (χ3n) is 6.28. The Morgan fingerprint density at radius 2 is 1.95 bits per heavy atom. The third-order valence-corrected chi connectivity index (χ3v) is 6.83. The highest BCUT2D eigenvalue weighted by molar-refractivity contribution is 7.80. The number of thiocarbonyl (C=S) groups is 1. The molecule has 0 bridgehead atoms. The molecule has 10 heteroatoms. The Hall–Kier alpha value is -3.92. The quantitative estimate of drug-likeness (QED) is 0.290. The maximum atomic E-state index is 12.3. The second kappa shape index (κ2) is 11.2. The van der Waals surface area contributed by atoms with Gasteiger partial charge in [-0.05, 0) is 72.9 Å². The van der Waals surface area contributed by atoms with E-state index in [4.69, 9.17) is 33.3 Å². The number of benzene rings is 2. The minimum absolute atomic E-state index is 0.0748. The lowest BCUT2D eigenvalue weighted by atomic mass is 10.0. The molecule has 1 aliphatic heterocycles. The van der Waals surface area contributed by atoms with E-state index in [0.717, 1.165) is 22.8 Å². The van der Waals surface area contributed by atoms with Crippen molar-refractivity contribution >= 4 is 46.2 Å². The Kier molecular flexibility index (Phi) is 7.59. The summed E-state index contributed by atoms with van der Waals surface area (Å²) in [4.78, 5) is 19.0. The molecule has 2 aromatic carbocycles. The summed E-state index contributed by atoms with van der Waals surface area (Å²) >= 11 is 12.2. The van der Waals surface area contributed by atoms with E-state index in [9.17, 15) is 4.79 Å². The van der Waals surface area contributed by atoms with E-state index < -0.39 is 0 Å². The summed E-state index contributed by atoms with van der Waals surface area (Å²) in [6, 6.07) is 22.6. The minimum atomic E-state index is -0.289. The number of halogens is 1. The van der Waals surface area contributed by atoms with Crippen molar-refractivity contribution in [3.8, 4) is 11.4 Å². The molecule has 0 saturated carbocycles. The Labute approximate surface area is 231 Å². The number of aromatic nitrogens is 2. The van der Waals surface area contributed by atoms with Crippen LogP contribution in [0.5, 0.6) is 5.75 Å². The number of nitrogens with zero attached hydrogens (tertiary/aromatic N) is 3. The zero-order valence-corrected chi connectivity index (χ0v) is 22.4. The van der Waals surface area contributed by atoms with Gasteiger partial charge in [-0.15, -0.1) is 0 Å². The first kappa shape index (κ1) is 25.7. The van der Waals surface area contributed by atoms with Crippen molar-refractivity contribution in [3.63, 3.8) is 0 Å². The van der Waals surface area contributed by atoms with Crippen LogP contribution in [-0.4, -0.2) is 41.4 Å². The van der Waals surface area contributed by atoms with Gasteiger partial charge in [0.1, 0.15) is 18.4 Å². The van der Waals surface area contributed by atoms with Crippen molar-refractivity contribution in [2.24, 2.45) is 0 Å². The fraction of sp³-hybridized carbons (Fsp3) is 0.179. The molecule has 8 nitrogen and oxygen atoms in total. The molecular weight excluding hydrogens is 522 g/mol. The molecule has 2 N–H and O–H groups in total. The molecule has 0 aliphatic carbocycles. The Balaban J connectivity index is 1.63. The fourth-order valence-electron chi connectivity index (χ4n) is 4.69. The number of nitrogens with one attached hydrogen (secondary N) is 2. The van der Waals surface area contributed by atoms with Crippen LogP contribution in [0.2, 0.25) is 5.02 Å². The van der Waals surface area contributed by atoms with E-state index in [1.807, 2.05) is 77.8 Å². The van der Waals surface area contributed by atoms with E-state index in [1.54, 1.807) is 13.3 Å². The number of anilines is 2. The van der Waals surface area contributed by atoms with Crippen LogP contribution in [0.3, 0.4) is 0 Å². The second-order valence-corrected chi connectivity index (χ2v) is 9.47. The normalized spacial score (nSPS) is 16.8. The summed E-state index contributed by atoms with van der Waals surface area (Å²) in [5, 5.41) is 7.52. The Morgan fingerprint density at radius 1 is 1.08 bits per heavy atom. The summed E-state index contributed by atoms with van der Waals surface area (Å²) in [6.07, 6.45) is 3.77. The molecule has 0 spiro atoms. The molecule has 4 aromatic rings. The number of hydrogen-bond donors (Lipinski definition) is 2. The van der Waals surface area contributed by atoms with Gasteiger partial charge in [-0.25, -0.2) is 0 Å². The standard InChI is InChI=1S/C28H26ClN5O3S/c1-36-17-25(35)31-22-16-20(11-12-24(22)37-2)34-27(26(32-28(34)38)21-9-3-4-13-30-21)23-10-6-14-33(23)19-8-5-7-18(29)15-19/h3-16,26-27H,17H2,1-2H3,(H,31,35)(H,32,38)/t26-,27-/m0/s1. The number of methoxy groups -OCH3 is 2. The lowest BCUT2D eigenvalue weighted by molar-refractivity contribution is -0.119. The monoisotopic (exact) mass is 547 g/mol. The average molecular weight is 548 g/mol. The van der Waals surface area contributed by atoms with Gasteiger partial charge < -0.3 is 29.6 Å². The van der Waals surface area contributed by atoms with Gasteiger partial charge >= 0.3 is 0 Å². The van der Waals surface area contributed by atoms with E-state index >= 15 is 0 Å². The van der Waals surface area contributed by atoms with Crippen molar-refractivity contribution in [2.45, 2.75) is 12.1 Å². The molecule has 0 radical (unpaired) electrons. The molecule has 194 valence electrons. The number of pyridine rings is 1. The number of carbonyl (C=O) groups is 1. The van der Waals surface area contributed by atoms with Crippen molar-refractivity contribution in [1.82, 2.24) is 14.9 Å². The van der Waals surface area contributed by atoms with Crippen LogP contribution >= 0.6 is 23.8 Å². The maximum Gasteiger partial charge on any atom is 0.250 e. The third kappa shape index (κ3) is 5.08. The first-order valence-corrected chi connectivity index (χ1v) is 12.7. The first-order valence-electron chi connectivity index (χ1n) is 11.9. The number of amides is 1. The first-order chi connectivity index (χ1) is 18.5. The van der Waals surface area contributed by atoms with Crippen molar-refractivity contribution in [3.05, 3.63) is 102 Å². The van der Waals surface area contributed by atoms with Gasteiger partial charge in [0.2, 0.25) is 5.91 Å². The van der Waals surface area contributed by atoms with Gasteiger partial charge in [0.05, 0.1) is 24.5 Å². The predicted octanol–water partition coefficient (Wildman–Crippen LogP) is 5.30. The molecule has 3 heterocycles. The molecule has 1 amide bonds. The predicted molar refractivity (Wildman–Crippen MR) is 152 cm³/mol. The van der Waals surface area contributed by atoms with Gasteiger partial charge in [-0.1, -0.05) is 23.7 Å². The largest absolute Gasteiger partial charge is 0.495 e. The number of carbonyl (C=O) groups excluding carboxylic acids is 1. The van der Waals surface area contributed by atoms with Crippen LogP contribution in [0.25, 0.3) is 5.69 Å². The number of rotatable bonds is 8. The van der Waals surface area contributed by atoms with E-state index in [2.05, 4.69) is 26.3 Å². The molecule has 2 aromatic heterocycles. The molecule has 2 atom stereocenters. The van der Waals surface area contributed by atoms with E-state index in [0.29, 0.717) is 21.6 Å². The minimum Gasteiger partial charge on any atom is -0.495 e. The Morgan fingerprint density at radius 3 is 2.68 bits per heavy atom. The zero-order chi connectivity index (χ0) is 26.6. The molecule has 1 saturated heterocycles. The fourth-order valence-corrected chi connectivity index (χ4v) is 5.22. The molecule has 0 unspecified atom stereocenters. The molecular formula is C28H26ClN5O3S. The van der Waals surface area contributed by atoms with Crippen LogP contribution in [0, 0.1) is 0 Å². The molecule has 5 rings (SSSR count). The average Bonchev–Trinajstić information content (AvgIpc) is 3.53. The summed E-state index contributed by atoms with van der Waals surface area (Å²) in [5.41, 5.74) is 4.05. The van der Waals surface area contributed by atoms with E-state index in [-0.39, 0.29) is 24.6 Å². The van der Waals surface area contributed by atoms with Crippen LogP contribution < -0.4 is 20.3 Å². The molecule has 1 fully saturated rings. The summed E-state index contributed by atoms with van der Waals surface area (Å²) in [7, 11) is 3.03. The molecule has 38 heavy (non-hydrogen) atoms. The zero-order valence-electron chi connectivity index (χ0n) is 20.8. The highest BCUT2D eigenvalue weighted by Crippen LogP contribution is 2.43. The Bertz CT molecular complexity index is 1460. The van der Waals surface area contributed by atoms with Crippen LogP contribution in [-0.2, 0) is 9.53 Å². The lowest BCUT2D eigenvalue weighted by Crippen LogP contribution is -2.30. The van der Waals surface area contributed by atoms with Crippen molar-refractivity contribution in [1.29, 1.82) is 0 Å². The van der Waals surface area contributed by atoms with Gasteiger partial charge in [-0.2, -0.15) is 0 Å². The van der Waals surface area contributed by atoms with Gasteiger partial charge in [-0.3, -0.25) is 9.78 Å². The summed E-state index contributed by atoms with van der Waals surface area (Å²) in [5.74, 6) is 0.235. The highest BCUT2D eigenvalue weighted by atomic mass is 35.5. The lowest BCUT2D eigenvalue weighted by Gasteiger charge is -2.29. The number of ether oxygens (including phenoxy) is 2. The van der Waals surface area contributed by atoms with Crippen LogP contribution in [0.15, 0.2) is 85.2 Å². The van der Waals surface area contributed by atoms with Crippen molar-refractivity contribution in [2.75, 3.05) is 31.0 Å². The van der Waals surface area contributed by atoms with Crippen molar-refractivity contribution < 1.29 is 14.3 Å². The second-order valence-electron chi connectivity index (χ2n) is 8.65. The number of hydrogen-bond acceptors (Lipinski definition) is 5. The maximum absolute atomic E-state index is 12.3. The van der Waals surface area contributed by atoms with Crippen LogP contribution in [0.1, 0.15) is 23.5 Å². The van der Waals surface area contributed by atoms with E-state index in [1.165, 1.54) is 7.11 Å². The summed E-state index contributed by atoms with van der Waals surface area (Å²) in [6.45, 7) is -0.0748. The topological polar surface area (TPSA) is 80.7 Å². The summed E-state index contributed by atoms with van der Waals surface area (Å²) < 4.78 is 12.6. The SMILES string of the molecule is COCC(=O)Nc1cc(N2C(=S)N[C@@H](c3ccccn3)[C@@H]2c2cccn2-c2cccc(Cl)c2)ccc1OC. The smallest absolute Gasteiger partial charge is 0.250 e. The molecule has 1 aliphatic rings. The van der Waals surface area contributed by atoms with Gasteiger partial charge in [0.15, 0.2) is 5.11 Å². The van der Waals surface area contributed by atoms with Gasteiger partial charge in [0, 0.05) is 41.6 Å². The van der Waals surface area contributed by atoms with Crippen LogP contribution in [0.4, 0.5) is 11.4 Å².